The molecule has 3 aromatic rings. The summed E-state index contributed by atoms with van der Waals surface area (Å²) in [5.41, 5.74) is 3.15. The summed E-state index contributed by atoms with van der Waals surface area (Å²) in [4.78, 5) is 34.3. The molecule has 1 unspecified atom stereocenters. The first-order valence-electron chi connectivity index (χ1n) is 11.3. The average molecular weight is 510 g/mol. The fraction of sp³-hybridized carbons (Fsp3) is 0.269. The number of benzene rings is 2. The quantitative estimate of drug-likeness (QED) is 0.344. The van der Waals surface area contributed by atoms with Crippen molar-refractivity contribution in [3.05, 3.63) is 85.8 Å². The Bertz CT molecular complexity index is 1400. The third-order valence-corrected chi connectivity index (χ3v) is 7.59. The number of methoxy groups -OCH3 is 2. The van der Waals surface area contributed by atoms with Gasteiger partial charge in [-0.25, -0.2) is 4.98 Å². The van der Waals surface area contributed by atoms with Crippen LogP contribution in [0.5, 0.6) is 11.5 Å². The Hall–Kier alpha value is -3.23. The van der Waals surface area contributed by atoms with Crippen LogP contribution in [0.3, 0.4) is 0 Å². The summed E-state index contributed by atoms with van der Waals surface area (Å²) in [6.07, 6.45) is 1.90. The number of aromatic amines is 1. The molecule has 35 heavy (non-hydrogen) atoms. The number of anilines is 1. The van der Waals surface area contributed by atoms with Gasteiger partial charge in [-0.2, -0.15) is 0 Å². The second-order valence-electron chi connectivity index (χ2n) is 8.32. The zero-order chi connectivity index (χ0) is 24.5. The number of allylic oxidation sites excluding steroid dienone is 2. The predicted molar refractivity (Wildman–Crippen MR) is 137 cm³/mol. The SMILES string of the molecule is COc1cccc(C2C3=C(CCCC3=O)Nc3nc(SCc4ccccc4Cl)[nH]c(=O)c32)c1OC. The summed E-state index contributed by atoms with van der Waals surface area (Å²) in [7, 11) is 3.11. The van der Waals surface area contributed by atoms with E-state index >= 15 is 0 Å². The summed E-state index contributed by atoms with van der Waals surface area (Å²) < 4.78 is 11.2. The maximum absolute atomic E-state index is 13.5. The number of nitrogens with zero attached hydrogens (tertiary/aromatic N) is 1. The highest BCUT2D eigenvalue weighted by Gasteiger charge is 2.39. The highest BCUT2D eigenvalue weighted by atomic mass is 35.5. The molecular formula is C26H24ClN3O4S. The van der Waals surface area contributed by atoms with Crippen LogP contribution in [0, 0.1) is 0 Å². The Balaban J connectivity index is 1.62. The van der Waals surface area contributed by atoms with Crippen LogP contribution in [-0.2, 0) is 10.5 Å². The molecule has 2 heterocycles. The lowest BCUT2D eigenvalue weighted by Gasteiger charge is -2.33. The highest BCUT2D eigenvalue weighted by molar-refractivity contribution is 7.98. The van der Waals surface area contributed by atoms with Crippen molar-refractivity contribution in [3.8, 4) is 11.5 Å². The van der Waals surface area contributed by atoms with Crippen molar-refractivity contribution in [2.24, 2.45) is 0 Å². The van der Waals surface area contributed by atoms with Crippen LogP contribution >= 0.6 is 23.4 Å². The highest BCUT2D eigenvalue weighted by Crippen LogP contribution is 2.48. The van der Waals surface area contributed by atoms with Crippen molar-refractivity contribution in [1.29, 1.82) is 0 Å². The average Bonchev–Trinajstić information content (AvgIpc) is 2.86. The van der Waals surface area contributed by atoms with Gasteiger partial charge in [0, 0.05) is 34.0 Å². The number of Topliss-reactive ketones (excluding diaryl/α,β-unsaturated/α-hetero) is 1. The van der Waals surface area contributed by atoms with Gasteiger partial charge < -0.3 is 19.8 Å². The molecule has 1 aliphatic carbocycles. The summed E-state index contributed by atoms with van der Waals surface area (Å²) in [6.45, 7) is 0. The fourth-order valence-corrected chi connectivity index (χ4v) is 5.87. The van der Waals surface area contributed by atoms with E-state index < -0.39 is 5.92 Å². The molecule has 2 aliphatic rings. The van der Waals surface area contributed by atoms with E-state index in [0.717, 1.165) is 17.7 Å². The monoisotopic (exact) mass is 509 g/mol. The molecule has 1 aromatic heterocycles. The number of carbonyl (C=O) groups is 1. The summed E-state index contributed by atoms with van der Waals surface area (Å²) in [5.74, 6) is 1.45. The molecule has 0 saturated carbocycles. The van der Waals surface area contributed by atoms with Crippen molar-refractivity contribution in [3.63, 3.8) is 0 Å². The standard InChI is InChI=1S/C26H24ClN3O4S/c1-33-19-12-5-8-15(23(19)34-2)20-21-17(10-6-11-18(21)31)28-24-22(20)25(32)30-26(29-24)35-13-14-7-3-4-9-16(14)27/h3-5,7-9,12,20H,6,10-11,13H2,1-2H3,(H2,28,29,30,32). The molecule has 9 heteroatoms. The Morgan fingerprint density at radius 1 is 1.09 bits per heavy atom. The van der Waals surface area contributed by atoms with Gasteiger partial charge in [0.15, 0.2) is 22.4 Å². The number of fused-ring (bicyclic) bond motifs is 1. The third kappa shape index (κ3) is 4.32. The minimum absolute atomic E-state index is 0.0239. The molecule has 5 rings (SSSR count). The molecule has 1 aliphatic heterocycles. The first kappa shape index (κ1) is 23.5. The molecule has 1 atom stereocenters. The van der Waals surface area contributed by atoms with Gasteiger partial charge in [0.25, 0.3) is 5.56 Å². The largest absolute Gasteiger partial charge is 0.493 e. The van der Waals surface area contributed by atoms with Crippen LogP contribution in [-0.4, -0.2) is 30.0 Å². The number of hydrogen-bond donors (Lipinski definition) is 2. The molecule has 0 fully saturated rings. The van der Waals surface area contributed by atoms with Crippen molar-refractivity contribution >= 4 is 35.0 Å². The number of H-pyrrole nitrogens is 1. The molecular weight excluding hydrogens is 486 g/mol. The van der Waals surface area contributed by atoms with E-state index in [9.17, 15) is 9.59 Å². The molecule has 0 radical (unpaired) electrons. The first-order valence-corrected chi connectivity index (χ1v) is 12.6. The Labute approximate surface area is 211 Å². The lowest BCUT2D eigenvalue weighted by atomic mass is 9.76. The van der Waals surface area contributed by atoms with Crippen molar-refractivity contribution in [2.75, 3.05) is 19.5 Å². The minimum Gasteiger partial charge on any atom is -0.493 e. The number of nitrogens with one attached hydrogen (secondary N) is 2. The van der Waals surface area contributed by atoms with Gasteiger partial charge in [0.1, 0.15) is 5.82 Å². The smallest absolute Gasteiger partial charge is 0.257 e. The van der Waals surface area contributed by atoms with Crippen LogP contribution in [0.15, 0.2) is 63.7 Å². The Morgan fingerprint density at radius 3 is 2.69 bits per heavy atom. The maximum Gasteiger partial charge on any atom is 0.257 e. The zero-order valence-corrected chi connectivity index (χ0v) is 20.9. The number of ether oxygens (including phenoxy) is 2. The van der Waals surface area contributed by atoms with Crippen LogP contribution < -0.4 is 20.3 Å². The number of hydrogen-bond acceptors (Lipinski definition) is 7. The third-order valence-electron chi connectivity index (χ3n) is 6.30. The molecule has 0 saturated heterocycles. The number of halogens is 1. The normalized spacial score (nSPS) is 16.9. The van der Waals surface area contributed by atoms with Crippen molar-refractivity contribution in [1.82, 2.24) is 9.97 Å². The van der Waals surface area contributed by atoms with Crippen molar-refractivity contribution in [2.45, 2.75) is 36.1 Å². The van der Waals surface area contributed by atoms with Crippen LogP contribution in [0.1, 0.15) is 41.9 Å². The summed E-state index contributed by atoms with van der Waals surface area (Å²) in [6, 6.07) is 13.1. The van der Waals surface area contributed by atoms with E-state index in [0.29, 0.717) is 62.8 Å². The lowest BCUT2D eigenvalue weighted by molar-refractivity contribution is -0.116. The van der Waals surface area contributed by atoms with Gasteiger partial charge in [-0.3, -0.25) is 9.59 Å². The Morgan fingerprint density at radius 2 is 1.91 bits per heavy atom. The molecule has 0 bridgehead atoms. The summed E-state index contributed by atoms with van der Waals surface area (Å²) >= 11 is 7.69. The van der Waals surface area contributed by atoms with Crippen LogP contribution in [0.2, 0.25) is 5.02 Å². The van der Waals surface area contributed by atoms with E-state index in [-0.39, 0.29) is 11.3 Å². The zero-order valence-electron chi connectivity index (χ0n) is 19.3. The maximum atomic E-state index is 13.5. The van der Waals surface area contributed by atoms with Gasteiger partial charge >= 0.3 is 0 Å². The van der Waals surface area contributed by atoms with Gasteiger partial charge in [-0.15, -0.1) is 0 Å². The van der Waals surface area contributed by atoms with Crippen molar-refractivity contribution < 1.29 is 14.3 Å². The number of aromatic nitrogens is 2. The topological polar surface area (TPSA) is 93.3 Å². The number of thioether (sulfide) groups is 1. The number of rotatable bonds is 6. The van der Waals surface area contributed by atoms with Gasteiger partial charge in [0.2, 0.25) is 0 Å². The molecule has 0 amide bonds. The van der Waals surface area contributed by atoms with E-state index in [2.05, 4.69) is 10.3 Å². The number of ketones is 1. The Kier molecular flexibility index (Phi) is 6.58. The van der Waals surface area contributed by atoms with E-state index in [4.69, 9.17) is 26.1 Å². The van der Waals surface area contributed by atoms with Gasteiger partial charge in [0.05, 0.1) is 25.7 Å². The lowest BCUT2D eigenvalue weighted by Crippen LogP contribution is -2.33. The molecule has 2 aromatic carbocycles. The second-order valence-corrected chi connectivity index (χ2v) is 9.69. The van der Waals surface area contributed by atoms with E-state index in [1.165, 1.54) is 11.8 Å². The van der Waals surface area contributed by atoms with Gasteiger partial charge in [-0.05, 0) is 30.5 Å². The van der Waals surface area contributed by atoms with Gasteiger partial charge in [-0.1, -0.05) is 53.7 Å². The molecule has 180 valence electrons. The van der Waals surface area contributed by atoms with Crippen LogP contribution in [0.25, 0.3) is 0 Å². The molecule has 2 N–H and O–H groups in total. The summed E-state index contributed by atoms with van der Waals surface area (Å²) in [5, 5.41) is 4.44. The fourth-order valence-electron chi connectivity index (χ4n) is 4.72. The molecule has 7 nitrogen and oxygen atoms in total. The second kappa shape index (κ2) is 9.79. The van der Waals surface area contributed by atoms with E-state index in [1.54, 1.807) is 20.3 Å². The van der Waals surface area contributed by atoms with E-state index in [1.807, 2.05) is 36.4 Å². The first-order chi connectivity index (χ1) is 17.0. The number of para-hydroxylation sites is 1. The molecule has 0 spiro atoms. The predicted octanol–water partition coefficient (Wildman–Crippen LogP) is 5.30. The van der Waals surface area contributed by atoms with Crippen LogP contribution in [0.4, 0.5) is 5.82 Å². The number of carbonyl (C=O) groups excluding carboxylic acids is 1. The minimum atomic E-state index is -0.613.